The van der Waals surface area contributed by atoms with Gasteiger partial charge in [-0.15, -0.1) is 0 Å². The van der Waals surface area contributed by atoms with Crippen LogP contribution in [0.15, 0.2) is 108 Å². The number of sulfonamides is 1. The molecule has 1 aliphatic rings. The monoisotopic (exact) mass is 701 g/mol. The van der Waals surface area contributed by atoms with Gasteiger partial charge in [0.15, 0.2) is 0 Å². The van der Waals surface area contributed by atoms with Gasteiger partial charge >= 0.3 is 0 Å². The van der Waals surface area contributed by atoms with Gasteiger partial charge in [0.2, 0.25) is 11.8 Å². The topological polar surface area (TPSA) is 96.0 Å². The zero-order valence-electron chi connectivity index (χ0n) is 28.1. The van der Waals surface area contributed by atoms with Gasteiger partial charge in [-0.05, 0) is 80.3 Å². The normalized spacial score (nSPS) is 14.1. The zero-order valence-corrected chi connectivity index (χ0v) is 29.6. The lowest BCUT2D eigenvalue weighted by Gasteiger charge is -2.35. The highest BCUT2D eigenvalue weighted by atomic mass is 35.5. The van der Waals surface area contributed by atoms with Crippen LogP contribution in [0.4, 0.5) is 5.69 Å². The summed E-state index contributed by atoms with van der Waals surface area (Å²) in [6.45, 7) is 3.68. The summed E-state index contributed by atoms with van der Waals surface area (Å²) in [5.74, 6) is -0.264. The summed E-state index contributed by atoms with van der Waals surface area (Å²) >= 11 is 6.62. The maximum absolute atomic E-state index is 14.7. The van der Waals surface area contributed by atoms with Crippen molar-refractivity contribution in [2.75, 3.05) is 17.5 Å². The van der Waals surface area contributed by atoms with Crippen LogP contribution in [0.1, 0.15) is 55.7 Å². The summed E-state index contributed by atoms with van der Waals surface area (Å²) in [5.41, 5.74) is 2.80. The molecule has 0 spiro atoms. The molecule has 0 saturated heterocycles. The van der Waals surface area contributed by atoms with E-state index in [-0.39, 0.29) is 29.8 Å². The molecule has 5 rings (SSSR count). The van der Waals surface area contributed by atoms with E-state index in [1.807, 2.05) is 56.3 Å². The van der Waals surface area contributed by atoms with Crippen LogP contribution in [0.2, 0.25) is 5.02 Å². The number of aryl methyl sites for hydroxylation is 1. The van der Waals surface area contributed by atoms with E-state index in [0.717, 1.165) is 47.5 Å². The maximum Gasteiger partial charge on any atom is 0.264 e. The predicted octanol–water partition coefficient (Wildman–Crippen LogP) is 7.33. The number of carbonyl (C=O) groups is 2. The van der Waals surface area contributed by atoms with Crippen LogP contribution in [-0.4, -0.2) is 50.4 Å². The van der Waals surface area contributed by atoms with Gasteiger partial charge in [-0.1, -0.05) is 97.1 Å². The number of carbonyl (C=O) groups excluding carboxylic acids is 2. The highest BCUT2D eigenvalue weighted by Crippen LogP contribution is 2.28. The van der Waals surface area contributed by atoms with Gasteiger partial charge in [-0.25, -0.2) is 8.42 Å². The average molecular weight is 702 g/mol. The Balaban J connectivity index is 1.56. The number of hydrogen-bond donors (Lipinski definition) is 1. The molecule has 2 amide bonds. The van der Waals surface area contributed by atoms with Gasteiger partial charge in [0, 0.05) is 24.0 Å². The third-order valence-corrected chi connectivity index (χ3v) is 11.0. The molecule has 10 heteroatoms. The van der Waals surface area contributed by atoms with Crippen molar-refractivity contribution in [1.29, 1.82) is 0 Å². The third kappa shape index (κ3) is 9.43. The van der Waals surface area contributed by atoms with Crippen LogP contribution in [0.5, 0.6) is 5.75 Å². The first-order valence-corrected chi connectivity index (χ1v) is 18.7. The Kier molecular flexibility index (Phi) is 12.4. The molecule has 1 aliphatic carbocycles. The number of amides is 2. The summed E-state index contributed by atoms with van der Waals surface area (Å²) in [4.78, 5) is 30.5. The molecule has 1 saturated carbocycles. The Labute approximate surface area is 295 Å². The summed E-state index contributed by atoms with van der Waals surface area (Å²) in [6.07, 6.45) is 5.20. The summed E-state index contributed by atoms with van der Waals surface area (Å²) < 4.78 is 35.3. The van der Waals surface area contributed by atoms with E-state index in [1.54, 1.807) is 48.5 Å². The molecule has 1 atom stereocenters. The van der Waals surface area contributed by atoms with E-state index in [1.165, 1.54) is 17.0 Å². The van der Waals surface area contributed by atoms with Crippen molar-refractivity contribution >= 4 is 39.1 Å². The lowest BCUT2D eigenvalue weighted by atomic mass is 9.94. The smallest absolute Gasteiger partial charge is 0.264 e. The Morgan fingerprint density at radius 1 is 0.878 bits per heavy atom. The van der Waals surface area contributed by atoms with Gasteiger partial charge in [-0.2, -0.15) is 0 Å². The summed E-state index contributed by atoms with van der Waals surface area (Å²) in [6, 6.07) is 28.9. The van der Waals surface area contributed by atoms with E-state index in [2.05, 4.69) is 5.32 Å². The number of nitrogens with zero attached hydrogens (tertiary/aromatic N) is 2. The second-order valence-corrected chi connectivity index (χ2v) is 14.7. The molecule has 258 valence electrons. The highest BCUT2D eigenvalue weighted by Gasteiger charge is 2.35. The van der Waals surface area contributed by atoms with Crippen molar-refractivity contribution in [3.05, 3.63) is 125 Å². The van der Waals surface area contributed by atoms with Crippen molar-refractivity contribution < 1.29 is 22.7 Å². The molecule has 0 heterocycles. The third-order valence-electron chi connectivity index (χ3n) is 8.84. The lowest BCUT2D eigenvalue weighted by Crippen LogP contribution is -2.55. The molecular formula is C39H44ClN3O5S. The van der Waals surface area contributed by atoms with E-state index in [4.69, 9.17) is 16.3 Å². The molecule has 0 unspecified atom stereocenters. The van der Waals surface area contributed by atoms with Crippen molar-refractivity contribution in [3.8, 4) is 5.75 Å². The van der Waals surface area contributed by atoms with Crippen molar-refractivity contribution in [2.45, 2.75) is 75.9 Å². The van der Waals surface area contributed by atoms with Gasteiger partial charge < -0.3 is 15.0 Å². The Morgan fingerprint density at radius 2 is 1.53 bits per heavy atom. The fourth-order valence-electron chi connectivity index (χ4n) is 6.15. The number of ether oxygens (including phenoxy) is 1. The summed E-state index contributed by atoms with van der Waals surface area (Å²) in [7, 11) is -4.23. The molecule has 8 nitrogen and oxygen atoms in total. The predicted molar refractivity (Wildman–Crippen MR) is 194 cm³/mol. The first-order chi connectivity index (χ1) is 23.7. The lowest BCUT2D eigenvalue weighted by molar-refractivity contribution is -0.140. The number of benzene rings is 4. The molecule has 1 N–H and O–H groups in total. The molecule has 0 aliphatic heterocycles. The summed E-state index contributed by atoms with van der Waals surface area (Å²) in [5, 5.41) is 3.68. The van der Waals surface area contributed by atoms with E-state index >= 15 is 0 Å². The number of halogens is 1. The first-order valence-electron chi connectivity index (χ1n) is 16.8. The van der Waals surface area contributed by atoms with Gasteiger partial charge in [-0.3, -0.25) is 13.9 Å². The molecule has 49 heavy (non-hydrogen) atoms. The number of hydrogen-bond acceptors (Lipinski definition) is 5. The molecule has 0 aromatic heterocycles. The zero-order chi connectivity index (χ0) is 34.8. The number of rotatable bonds is 14. The van der Waals surface area contributed by atoms with E-state index in [9.17, 15) is 18.0 Å². The number of nitrogens with one attached hydrogen (secondary N) is 1. The first kappa shape index (κ1) is 36.0. The fourth-order valence-corrected chi connectivity index (χ4v) is 7.76. The molecule has 0 bridgehead atoms. The largest absolute Gasteiger partial charge is 0.494 e. The molecule has 1 fully saturated rings. The van der Waals surface area contributed by atoms with Crippen molar-refractivity contribution in [3.63, 3.8) is 0 Å². The number of anilines is 1. The maximum atomic E-state index is 14.7. The van der Waals surface area contributed by atoms with Crippen LogP contribution < -0.4 is 14.4 Å². The molecule has 4 aromatic rings. The minimum atomic E-state index is -4.23. The standard InChI is InChI=1S/C39H44ClN3O5S/c1-3-48-34-22-24-35(25-23-34)49(46,47)43(33-20-18-29(2)19-21-33)28-38(44)42(27-31-14-10-11-17-36(31)40)37(26-30-12-6-4-7-13-30)39(45)41-32-15-8-5-9-16-32/h4,6-7,10-14,17-25,32,37H,3,5,8-9,15-16,26-28H2,1-2H3,(H,41,45)/t37-/m0/s1. The van der Waals surface area contributed by atoms with Gasteiger partial charge in [0.05, 0.1) is 17.2 Å². The van der Waals surface area contributed by atoms with E-state index in [0.29, 0.717) is 28.6 Å². The molecule has 4 aromatic carbocycles. The van der Waals surface area contributed by atoms with Crippen LogP contribution in [0.3, 0.4) is 0 Å². The highest BCUT2D eigenvalue weighted by molar-refractivity contribution is 7.92. The van der Waals surface area contributed by atoms with Gasteiger partial charge in [0.1, 0.15) is 18.3 Å². The Hall–Kier alpha value is -4.34. The fraction of sp³-hybridized carbons (Fsp3) is 0.333. The Bertz CT molecular complexity index is 1790. The van der Waals surface area contributed by atoms with Gasteiger partial charge in [0.25, 0.3) is 10.0 Å². The average Bonchev–Trinajstić information content (AvgIpc) is 3.11. The Morgan fingerprint density at radius 3 is 2.18 bits per heavy atom. The van der Waals surface area contributed by atoms with Crippen LogP contribution in [0.25, 0.3) is 0 Å². The van der Waals surface area contributed by atoms with Crippen molar-refractivity contribution in [2.24, 2.45) is 0 Å². The molecule has 0 radical (unpaired) electrons. The van der Waals surface area contributed by atoms with Crippen LogP contribution >= 0.6 is 11.6 Å². The molecular weight excluding hydrogens is 658 g/mol. The van der Waals surface area contributed by atoms with Crippen molar-refractivity contribution in [1.82, 2.24) is 10.2 Å². The quantitative estimate of drug-likeness (QED) is 0.149. The SMILES string of the molecule is CCOc1ccc(S(=O)(=O)N(CC(=O)N(Cc2ccccc2Cl)[C@@H](Cc2ccccc2)C(=O)NC2CCCCC2)c2ccc(C)cc2)cc1. The van der Waals surface area contributed by atoms with Crippen LogP contribution in [0, 0.1) is 6.92 Å². The second-order valence-electron chi connectivity index (χ2n) is 12.4. The van der Waals surface area contributed by atoms with Crippen LogP contribution in [-0.2, 0) is 32.6 Å². The second kappa shape index (κ2) is 16.9. The minimum absolute atomic E-state index is 0.0119. The minimum Gasteiger partial charge on any atom is -0.494 e. The van der Waals surface area contributed by atoms with E-state index < -0.39 is 28.5 Å².